The Labute approximate surface area is 231 Å². The lowest BCUT2D eigenvalue weighted by molar-refractivity contribution is -0.151. The van der Waals surface area contributed by atoms with E-state index in [2.05, 4.69) is 10.6 Å². The molecule has 39 heavy (non-hydrogen) atoms. The second-order valence-electron chi connectivity index (χ2n) is 8.44. The molecule has 17 heteroatoms. The fourth-order valence-corrected chi connectivity index (χ4v) is 6.51. The topological polar surface area (TPSA) is 206 Å². The van der Waals surface area contributed by atoms with Gasteiger partial charge in [0.05, 0.1) is 12.4 Å². The Morgan fingerprint density at radius 3 is 2.59 bits per heavy atom. The van der Waals surface area contributed by atoms with Crippen LogP contribution in [0.15, 0.2) is 29.5 Å². The van der Waals surface area contributed by atoms with Crippen LogP contribution in [-0.2, 0) is 45.1 Å². The van der Waals surface area contributed by atoms with E-state index < -0.39 is 69.4 Å². The molecule has 1 aromatic carbocycles. The maximum Gasteiger partial charge on any atom is 0.410 e. The predicted octanol–water partition coefficient (Wildman–Crippen LogP) is 0.302. The number of sulfone groups is 1. The number of aliphatic hydroxyl groups excluding tert-OH is 1. The van der Waals surface area contributed by atoms with E-state index in [1.165, 1.54) is 6.07 Å². The zero-order valence-corrected chi connectivity index (χ0v) is 22.3. The molecule has 212 valence electrons. The van der Waals surface area contributed by atoms with Crippen molar-refractivity contribution in [3.05, 3.63) is 45.1 Å². The summed E-state index contributed by atoms with van der Waals surface area (Å²) in [5.41, 5.74) is -0.485. The zero-order valence-electron chi connectivity index (χ0n) is 20.0. The van der Waals surface area contributed by atoms with Gasteiger partial charge >= 0.3 is 12.1 Å². The number of amides is 3. The van der Waals surface area contributed by atoms with Crippen molar-refractivity contribution in [2.45, 2.75) is 43.5 Å². The van der Waals surface area contributed by atoms with Gasteiger partial charge in [-0.05, 0) is 18.6 Å². The number of hydrogen-bond acceptors (Lipinski definition) is 10. The normalized spacial score (nSPS) is 20.3. The number of aliphatic carboxylic acids is 1. The van der Waals surface area contributed by atoms with E-state index in [9.17, 15) is 42.6 Å². The quantitative estimate of drug-likeness (QED) is 0.144. The molecule has 0 aromatic heterocycles. The Bertz CT molecular complexity index is 1320. The first-order valence-corrected chi connectivity index (χ1v) is 13.7. The number of fused-ring (bicyclic) bond motifs is 1. The standard InChI is InChI=1S/C22H23Cl2N3O11S/c23-13-5-4-11(14(24)6-13)8-37-22(34)26-16(38-10-29)3-1-2-15(30)25-17-19(31)27-18(21(32)33)12(7-28)9-39(35,36)20(17)27/h4-6,10,16-17,20,28H,1-3,7-9H2,(H,25,30)(H,26,34)(H,32,33)/t16?,17-,20-/m0/s1. The lowest BCUT2D eigenvalue weighted by Crippen LogP contribution is -2.74. The summed E-state index contributed by atoms with van der Waals surface area (Å²) in [6.07, 6.45) is -2.37. The number of rotatable bonds is 12. The first-order valence-electron chi connectivity index (χ1n) is 11.3. The van der Waals surface area contributed by atoms with Crippen LogP contribution in [0, 0.1) is 0 Å². The fraction of sp³-hybridized carbons (Fsp3) is 0.409. The highest BCUT2D eigenvalue weighted by molar-refractivity contribution is 7.92. The number of carboxylic acid groups (broad SMARTS) is 1. The van der Waals surface area contributed by atoms with Crippen LogP contribution in [0.1, 0.15) is 24.8 Å². The van der Waals surface area contributed by atoms with Crippen molar-refractivity contribution in [1.29, 1.82) is 0 Å². The van der Waals surface area contributed by atoms with Gasteiger partial charge in [0.1, 0.15) is 18.3 Å². The average Bonchev–Trinajstić information content (AvgIpc) is 2.85. The Kier molecular flexibility index (Phi) is 9.77. The number of carbonyl (C=O) groups excluding carboxylic acids is 4. The van der Waals surface area contributed by atoms with E-state index in [1.54, 1.807) is 12.1 Å². The molecule has 2 heterocycles. The van der Waals surface area contributed by atoms with Crippen LogP contribution in [0.25, 0.3) is 0 Å². The van der Waals surface area contributed by atoms with Crippen molar-refractivity contribution in [3.8, 4) is 0 Å². The van der Waals surface area contributed by atoms with Gasteiger partial charge in [0.2, 0.25) is 5.91 Å². The summed E-state index contributed by atoms with van der Waals surface area (Å²) in [4.78, 5) is 59.9. The molecule has 3 amide bonds. The van der Waals surface area contributed by atoms with Gasteiger partial charge in [-0.1, -0.05) is 29.3 Å². The van der Waals surface area contributed by atoms with Crippen LogP contribution in [0.2, 0.25) is 10.0 Å². The number of alkyl carbamates (subject to hydrolysis) is 1. The molecule has 0 saturated carbocycles. The summed E-state index contributed by atoms with van der Waals surface area (Å²) >= 11 is 11.8. The van der Waals surface area contributed by atoms with E-state index in [1.807, 2.05) is 0 Å². The maximum atomic E-state index is 12.6. The van der Waals surface area contributed by atoms with Gasteiger partial charge in [-0.3, -0.25) is 24.6 Å². The third-order valence-electron chi connectivity index (χ3n) is 5.81. The molecular weight excluding hydrogens is 585 g/mol. The highest BCUT2D eigenvalue weighted by atomic mass is 35.5. The van der Waals surface area contributed by atoms with Crippen LogP contribution < -0.4 is 10.6 Å². The third-order valence-corrected chi connectivity index (χ3v) is 8.37. The molecule has 2 aliphatic rings. The molecule has 1 aromatic rings. The molecule has 3 rings (SSSR count). The number of ether oxygens (including phenoxy) is 2. The number of nitrogens with one attached hydrogen (secondary N) is 2. The summed E-state index contributed by atoms with van der Waals surface area (Å²) in [6.45, 7) is -0.979. The van der Waals surface area contributed by atoms with Crippen LogP contribution >= 0.6 is 23.2 Å². The molecule has 14 nitrogen and oxygen atoms in total. The Hall–Kier alpha value is -3.40. The van der Waals surface area contributed by atoms with Crippen LogP contribution in [0.3, 0.4) is 0 Å². The Morgan fingerprint density at radius 2 is 1.97 bits per heavy atom. The van der Waals surface area contributed by atoms with Crippen molar-refractivity contribution in [3.63, 3.8) is 0 Å². The van der Waals surface area contributed by atoms with Gasteiger partial charge in [-0.2, -0.15) is 0 Å². The van der Waals surface area contributed by atoms with Gasteiger partial charge in [-0.25, -0.2) is 18.0 Å². The van der Waals surface area contributed by atoms with Crippen molar-refractivity contribution in [1.82, 2.24) is 15.5 Å². The monoisotopic (exact) mass is 607 g/mol. The SMILES string of the molecule is O=COC(CCCC(=O)N[C@H]1C(=O)N2C(C(=O)O)=C(CO)CS(=O)(=O)[C@@H]12)NC(=O)OCc1ccc(Cl)cc1Cl. The van der Waals surface area contributed by atoms with Crippen LogP contribution in [0.5, 0.6) is 0 Å². The Balaban J connectivity index is 1.51. The molecule has 1 unspecified atom stereocenters. The van der Waals surface area contributed by atoms with E-state index in [0.29, 0.717) is 15.5 Å². The molecule has 2 aliphatic heterocycles. The van der Waals surface area contributed by atoms with Crippen molar-refractivity contribution in [2.24, 2.45) is 0 Å². The van der Waals surface area contributed by atoms with Crippen LogP contribution in [0.4, 0.5) is 4.79 Å². The smallest absolute Gasteiger partial charge is 0.410 e. The highest BCUT2D eigenvalue weighted by Gasteiger charge is 2.60. The number of carboxylic acids is 1. The molecule has 0 spiro atoms. The van der Waals surface area contributed by atoms with Gasteiger partial charge < -0.3 is 25.0 Å². The minimum absolute atomic E-state index is 0.0324. The molecule has 0 bridgehead atoms. The lowest BCUT2D eigenvalue weighted by Gasteiger charge is -2.48. The number of halogens is 2. The Morgan fingerprint density at radius 1 is 1.26 bits per heavy atom. The predicted molar refractivity (Wildman–Crippen MR) is 133 cm³/mol. The van der Waals surface area contributed by atoms with E-state index in [0.717, 1.165) is 0 Å². The number of hydrogen-bond donors (Lipinski definition) is 4. The van der Waals surface area contributed by atoms with Gasteiger partial charge in [0, 0.05) is 34.0 Å². The summed E-state index contributed by atoms with van der Waals surface area (Å²) in [7, 11) is -4.09. The maximum absolute atomic E-state index is 12.6. The summed E-state index contributed by atoms with van der Waals surface area (Å²) in [5, 5.41) is 22.3. The van der Waals surface area contributed by atoms with Crippen molar-refractivity contribution >= 4 is 63.4 Å². The number of carbonyl (C=O) groups is 5. The van der Waals surface area contributed by atoms with E-state index in [-0.39, 0.29) is 42.9 Å². The molecule has 0 aliphatic carbocycles. The minimum atomic E-state index is -4.09. The van der Waals surface area contributed by atoms with Gasteiger partial charge in [-0.15, -0.1) is 0 Å². The molecule has 3 atom stereocenters. The van der Waals surface area contributed by atoms with Gasteiger partial charge in [0.15, 0.2) is 21.4 Å². The van der Waals surface area contributed by atoms with E-state index in [4.69, 9.17) is 32.7 Å². The van der Waals surface area contributed by atoms with Crippen molar-refractivity contribution in [2.75, 3.05) is 12.4 Å². The zero-order chi connectivity index (χ0) is 28.9. The molecule has 0 radical (unpaired) electrons. The van der Waals surface area contributed by atoms with Crippen LogP contribution in [-0.4, -0.2) is 83.9 Å². The fourth-order valence-electron chi connectivity index (χ4n) is 4.03. The second kappa shape index (κ2) is 12.6. The number of nitrogens with zero attached hydrogens (tertiary/aromatic N) is 1. The molecule has 1 fully saturated rings. The largest absolute Gasteiger partial charge is 0.477 e. The highest BCUT2D eigenvalue weighted by Crippen LogP contribution is 2.36. The summed E-state index contributed by atoms with van der Waals surface area (Å²) in [5.74, 6) is -4.04. The minimum Gasteiger partial charge on any atom is -0.477 e. The summed E-state index contributed by atoms with van der Waals surface area (Å²) < 4.78 is 35.0. The van der Waals surface area contributed by atoms with Gasteiger partial charge in [0.25, 0.3) is 12.4 Å². The average molecular weight is 608 g/mol. The molecule has 4 N–H and O–H groups in total. The second-order valence-corrected chi connectivity index (χ2v) is 11.4. The lowest BCUT2D eigenvalue weighted by atomic mass is 10.0. The third kappa shape index (κ3) is 6.98. The number of benzene rings is 1. The summed E-state index contributed by atoms with van der Waals surface area (Å²) in [6, 6.07) is 3.08. The van der Waals surface area contributed by atoms with Crippen molar-refractivity contribution < 1.29 is 52.1 Å². The number of aliphatic hydroxyl groups is 1. The molecule has 1 saturated heterocycles. The van der Waals surface area contributed by atoms with E-state index >= 15 is 0 Å². The first-order chi connectivity index (χ1) is 18.4. The molecular formula is C22H23Cl2N3O11S. The first kappa shape index (κ1) is 30.1. The number of β-lactam (4-membered cyclic amide) rings is 1.